The number of carbonyl (C=O) groups is 1. The van der Waals surface area contributed by atoms with Crippen molar-refractivity contribution in [2.75, 3.05) is 32.8 Å². The second-order valence-corrected chi connectivity index (χ2v) is 5.64. The normalized spacial score (nSPS) is 15.6. The van der Waals surface area contributed by atoms with E-state index in [-0.39, 0.29) is 5.91 Å². The number of nitrogens with zero attached hydrogens (tertiary/aromatic N) is 1. The number of piperidine rings is 1. The van der Waals surface area contributed by atoms with Crippen molar-refractivity contribution >= 4 is 5.91 Å². The molecule has 1 fully saturated rings. The number of para-hydroxylation sites is 1. The van der Waals surface area contributed by atoms with E-state index in [1.54, 1.807) is 6.08 Å². The summed E-state index contributed by atoms with van der Waals surface area (Å²) < 4.78 is 5.60. The van der Waals surface area contributed by atoms with Gasteiger partial charge in [0.15, 0.2) is 0 Å². The number of hydrogen-bond donors (Lipinski definition) is 1. The number of ether oxygens (including phenoxy) is 1. The molecule has 0 spiro atoms. The molecule has 0 aliphatic carbocycles. The highest BCUT2D eigenvalue weighted by atomic mass is 16.5. The van der Waals surface area contributed by atoms with E-state index in [1.807, 2.05) is 29.2 Å². The number of benzene rings is 1. The Labute approximate surface area is 133 Å². The molecule has 4 nitrogen and oxygen atoms in total. The standard InChI is InChI=1S/C18H26N2O2/c1-3-13-22-17-8-6-5-7-16(17)18(21)20-11-9-15(10-12-20)14-19-4-2/h3,5-8,15,19H,1,4,9-14H2,2H3. The van der Waals surface area contributed by atoms with Crippen molar-refractivity contribution < 1.29 is 9.53 Å². The number of nitrogens with one attached hydrogen (secondary N) is 1. The lowest BCUT2D eigenvalue weighted by Crippen LogP contribution is -2.40. The predicted octanol–water partition coefficient (Wildman–Crippen LogP) is 2.71. The number of likely N-dealkylation sites (tertiary alicyclic amines) is 1. The van der Waals surface area contributed by atoms with Gasteiger partial charge in [-0.2, -0.15) is 0 Å². The van der Waals surface area contributed by atoms with Crippen LogP contribution in [0.15, 0.2) is 36.9 Å². The van der Waals surface area contributed by atoms with Gasteiger partial charge in [0.1, 0.15) is 12.4 Å². The number of amides is 1. The molecular weight excluding hydrogens is 276 g/mol. The fraction of sp³-hybridized carbons (Fsp3) is 0.500. The molecule has 0 aromatic heterocycles. The Morgan fingerprint density at radius 2 is 2.14 bits per heavy atom. The van der Waals surface area contributed by atoms with Gasteiger partial charge >= 0.3 is 0 Å². The van der Waals surface area contributed by atoms with Gasteiger partial charge in [0, 0.05) is 13.1 Å². The van der Waals surface area contributed by atoms with Crippen molar-refractivity contribution in [3.05, 3.63) is 42.5 Å². The minimum atomic E-state index is 0.0709. The summed E-state index contributed by atoms with van der Waals surface area (Å²) in [5.41, 5.74) is 0.648. The Bertz CT molecular complexity index is 494. The maximum Gasteiger partial charge on any atom is 0.257 e. The molecule has 1 aromatic rings. The van der Waals surface area contributed by atoms with Crippen LogP contribution in [0.25, 0.3) is 0 Å². The molecule has 1 amide bonds. The van der Waals surface area contributed by atoms with E-state index in [0.717, 1.165) is 39.0 Å². The van der Waals surface area contributed by atoms with Crippen molar-refractivity contribution in [1.82, 2.24) is 10.2 Å². The molecule has 2 rings (SSSR count). The van der Waals surface area contributed by atoms with Crippen LogP contribution in [0.1, 0.15) is 30.1 Å². The van der Waals surface area contributed by atoms with E-state index < -0.39 is 0 Å². The molecule has 22 heavy (non-hydrogen) atoms. The lowest BCUT2D eigenvalue weighted by molar-refractivity contribution is 0.0686. The van der Waals surface area contributed by atoms with Crippen molar-refractivity contribution in [3.8, 4) is 5.75 Å². The molecular formula is C18H26N2O2. The van der Waals surface area contributed by atoms with Crippen molar-refractivity contribution in [3.63, 3.8) is 0 Å². The summed E-state index contributed by atoms with van der Waals surface area (Å²) in [5, 5.41) is 3.39. The smallest absolute Gasteiger partial charge is 0.257 e. The van der Waals surface area contributed by atoms with E-state index in [4.69, 9.17) is 4.74 Å². The first-order valence-corrected chi connectivity index (χ1v) is 8.09. The SMILES string of the molecule is C=CCOc1ccccc1C(=O)N1CCC(CNCC)CC1. The molecule has 1 heterocycles. The van der Waals surface area contributed by atoms with Gasteiger partial charge in [0.2, 0.25) is 0 Å². The maximum atomic E-state index is 12.7. The summed E-state index contributed by atoms with van der Waals surface area (Å²) in [6.07, 6.45) is 3.82. The Morgan fingerprint density at radius 3 is 2.82 bits per heavy atom. The fourth-order valence-corrected chi connectivity index (χ4v) is 2.78. The van der Waals surface area contributed by atoms with Gasteiger partial charge in [-0.1, -0.05) is 31.7 Å². The van der Waals surface area contributed by atoms with Crippen LogP contribution in [0.4, 0.5) is 0 Å². The van der Waals surface area contributed by atoms with Gasteiger partial charge in [0.05, 0.1) is 5.56 Å². The van der Waals surface area contributed by atoms with Gasteiger partial charge in [0.25, 0.3) is 5.91 Å². The Kier molecular flexibility index (Phi) is 6.46. The predicted molar refractivity (Wildman–Crippen MR) is 89.3 cm³/mol. The molecule has 0 saturated carbocycles. The van der Waals surface area contributed by atoms with Gasteiger partial charge in [-0.15, -0.1) is 0 Å². The van der Waals surface area contributed by atoms with Crippen LogP contribution >= 0.6 is 0 Å². The van der Waals surface area contributed by atoms with Crippen LogP contribution in [0, 0.1) is 5.92 Å². The second kappa shape index (κ2) is 8.59. The Morgan fingerprint density at radius 1 is 1.41 bits per heavy atom. The third-order valence-corrected chi connectivity index (χ3v) is 4.06. The molecule has 1 N–H and O–H groups in total. The van der Waals surface area contributed by atoms with Gasteiger partial charge in [-0.3, -0.25) is 4.79 Å². The highest BCUT2D eigenvalue weighted by molar-refractivity contribution is 5.97. The fourth-order valence-electron chi connectivity index (χ4n) is 2.78. The summed E-state index contributed by atoms with van der Waals surface area (Å²) in [5.74, 6) is 1.39. The van der Waals surface area contributed by atoms with Crippen molar-refractivity contribution in [2.24, 2.45) is 5.92 Å². The average Bonchev–Trinajstić information content (AvgIpc) is 2.58. The molecule has 0 radical (unpaired) electrons. The Hall–Kier alpha value is -1.81. The summed E-state index contributed by atoms with van der Waals surface area (Å²) in [4.78, 5) is 14.7. The van der Waals surface area contributed by atoms with Crippen LogP contribution in [0.2, 0.25) is 0 Å². The summed E-state index contributed by atoms with van der Waals surface area (Å²) in [7, 11) is 0. The van der Waals surface area contributed by atoms with Gasteiger partial charge in [-0.05, 0) is 44.0 Å². The first-order chi connectivity index (χ1) is 10.8. The Balaban J connectivity index is 1.96. The van der Waals surface area contributed by atoms with Crippen LogP contribution in [0.3, 0.4) is 0 Å². The molecule has 1 aliphatic rings. The number of rotatable bonds is 7. The van der Waals surface area contributed by atoms with E-state index >= 15 is 0 Å². The largest absolute Gasteiger partial charge is 0.489 e. The van der Waals surface area contributed by atoms with E-state index in [0.29, 0.717) is 23.8 Å². The molecule has 0 unspecified atom stereocenters. The van der Waals surface area contributed by atoms with E-state index in [2.05, 4.69) is 18.8 Å². The molecule has 1 aromatic carbocycles. The third-order valence-electron chi connectivity index (χ3n) is 4.06. The van der Waals surface area contributed by atoms with Crippen LogP contribution in [-0.2, 0) is 0 Å². The molecule has 0 atom stereocenters. The zero-order valence-electron chi connectivity index (χ0n) is 13.4. The van der Waals surface area contributed by atoms with Crippen LogP contribution in [-0.4, -0.2) is 43.6 Å². The lowest BCUT2D eigenvalue weighted by Gasteiger charge is -2.32. The quantitative estimate of drug-likeness (QED) is 0.787. The summed E-state index contributed by atoms with van der Waals surface area (Å²) in [6, 6.07) is 7.45. The molecule has 0 bridgehead atoms. The summed E-state index contributed by atoms with van der Waals surface area (Å²) in [6.45, 7) is 9.89. The zero-order valence-corrected chi connectivity index (χ0v) is 13.4. The highest BCUT2D eigenvalue weighted by Crippen LogP contribution is 2.23. The zero-order chi connectivity index (χ0) is 15.8. The molecule has 4 heteroatoms. The van der Waals surface area contributed by atoms with E-state index in [1.165, 1.54) is 0 Å². The number of hydrogen-bond acceptors (Lipinski definition) is 3. The monoisotopic (exact) mass is 302 g/mol. The molecule has 120 valence electrons. The van der Waals surface area contributed by atoms with Crippen LogP contribution in [0.5, 0.6) is 5.75 Å². The van der Waals surface area contributed by atoms with Gasteiger partial charge < -0.3 is 15.0 Å². The first kappa shape index (κ1) is 16.6. The number of carbonyl (C=O) groups excluding carboxylic acids is 1. The second-order valence-electron chi connectivity index (χ2n) is 5.64. The minimum absolute atomic E-state index is 0.0709. The van der Waals surface area contributed by atoms with Crippen LogP contribution < -0.4 is 10.1 Å². The van der Waals surface area contributed by atoms with Crippen molar-refractivity contribution in [1.29, 1.82) is 0 Å². The van der Waals surface area contributed by atoms with Gasteiger partial charge in [-0.25, -0.2) is 0 Å². The van der Waals surface area contributed by atoms with E-state index in [9.17, 15) is 4.79 Å². The summed E-state index contributed by atoms with van der Waals surface area (Å²) >= 11 is 0. The van der Waals surface area contributed by atoms with Crippen molar-refractivity contribution in [2.45, 2.75) is 19.8 Å². The topological polar surface area (TPSA) is 41.6 Å². The third kappa shape index (κ3) is 4.34. The lowest BCUT2D eigenvalue weighted by atomic mass is 9.96. The first-order valence-electron chi connectivity index (χ1n) is 8.09. The highest BCUT2D eigenvalue weighted by Gasteiger charge is 2.25. The average molecular weight is 302 g/mol. The molecule has 1 aliphatic heterocycles. The minimum Gasteiger partial charge on any atom is -0.489 e. The molecule has 1 saturated heterocycles. The maximum absolute atomic E-state index is 12.7.